The third kappa shape index (κ3) is 4.32. The van der Waals surface area contributed by atoms with Crippen LogP contribution in [0.5, 0.6) is 5.88 Å². The summed E-state index contributed by atoms with van der Waals surface area (Å²) < 4.78 is 5.44. The number of ether oxygens (including phenoxy) is 1. The molecule has 0 bridgehead atoms. The average Bonchev–Trinajstić information content (AvgIpc) is 2.67. The van der Waals surface area contributed by atoms with E-state index in [0.29, 0.717) is 37.7 Å². The number of likely N-dealkylation sites (tertiary alicyclic amines) is 1. The lowest BCUT2D eigenvalue weighted by molar-refractivity contribution is 0.156. The van der Waals surface area contributed by atoms with E-state index >= 15 is 0 Å². The van der Waals surface area contributed by atoms with Crippen molar-refractivity contribution in [3.63, 3.8) is 0 Å². The van der Waals surface area contributed by atoms with E-state index in [2.05, 4.69) is 10.3 Å². The van der Waals surface area contributed by atoms with Crippen molar-refractivity contribution in [2.45, 2.75) is 39.2 Å². The lowest BCUT2D eigenvalue weighted by atomic mass is 10.2. The molecule has 116 valence electrons. The van der Waals surface area contributed by atoms with E-state index in [9.17, 15) is 9.90 Å². The molecule has 2 amide bonds. The van der Waals surface area contributed by atoms with E-state index in [1.807, 2.05) is 19.9 Å². The second-order valence-corrected chi connectivity index (χ2v) is 5.30. The molecule has 1 aromatic rings. The van der Waals surface area contributed by atoms with Gasteiger partial charge in [-0.25, -0.2) is 9.78 Å². The van der Waals surface area contributed by atoms with Crippen LogP contribution in [-0.4, -0.2) is 46.8 Å². The van der Waals surface area contributed by atoms with Crippen LogP contribution >= 0.6 is 0 Å². The van der Waals surface area contributed by atoms with E-state index in [-0.39, 0.29) is 12.1 Å². The van der Waals surface area contributed by atoms with Crippen LogP contribution in [0.25, 0.3) is 0 Å². The number of aliphatic hydroxyl groups excluding tert-OH is 1. The molecule has 1 aliphatic rings. The molecule has 0 radical (unpaired) electrons. The number of pyridine rings is 1. The van der Waals surface area contributed by atoms with Crippen molar-refractivity contribution < 1.29 is 14.6 Å². The standard InChI is InChI=1S/C15H23N3O3/c1-3-21-14-13(9-11(2)10-16-14)17-15(20)18-7-4-5-12(19)6-8-18/h9-10,12,19H,3-8H2,1-2H3,(H,17,20). The van der Waals surface area contributed by atoms with Crippen LogP contribution in [0.4, 0.5) is 10.5 Å². The molecule has 0 aliphatic carbocycles. The average molecular weight is 293 g/mol. The van der Waals surface area contributed by atoms with Gasteiger partial charge in [-0.2, -0.15) is 0 Å². The Kier molecular flexibility index (Phi) is 5.38. The first-order chi connectivity index (χ1) is 10.1. The summed E-state index contributed by atoms with van der Waals surface area (Å²) in [5.41, 5.74) is 1.55. The molecular formula is C15H23N3O3. The number of urea groups is 1. The number of hydrogen-bond donors (Lipinski definition) is 2. The molecule has 1 unspecified atom stereocenters. The molecule has 2 heterocycles. The van der Waals surface area contributed by atoms with Crippen LogP contribution in [0.2, 0.25) is 0 Å². The second-order valence-electron chi connectivity index (χ2n) is 5.30. The molecule has 6 heteroatoms. The fraction of sp³-hybridized carbons (Fsp3) is 0.600. The van der Waals surface area contributed by atoms with Crippen molar-refractivity contribution in [2.24, 2.45) is 0 Å². The number of nitrogens with one attached hydrogen (secondary N) is 1. The largest absolute Gasteiger partial charge is 0.476 e. The van der Waals surface area contributed by atoms with Gasteiger partial charge in [0.15, 0.2) is 0 Å². The number of aliphatic hydroxyl groups is 1. The minimum atomic E-state index is -0.303. The Bertz CT molecular complexity index is 493. The van der Waals surface area contributed by atoms with Gasteiger partial charge in [0.2, 0.25) is 5.88 Å². The fourth-order valence-corrected chi connectivity index (χ4v) is 2.37. The third-order valence-corrected chi connectivity index (χ3v) is 3.50. The van der Waals surface area contributed by atoms with Gasteiger partial charge < -0.3 is 20.1 Å². The minimum Gasteiger partial charge on any atom is -0.476 e. The van der Waals surface area contributed by atoms with Gasteiger partial charge >= 0.3 is 6.03 Å². The topological polar surface area (TPSA) is 74.7 Å². The van der Waals surface area contributed by atoms with Crippen LogP contribution in [0, 0.1) is 6.92 Å². The van der Waals surface area contributed by atoms with E-state index in [0.717, 1.165) is 18.4 Å². The maximum Gasteiger partial charge on any atom is 0.321 e. The summed E-state index contributed by atoms with van der Waals surface area (Å²) in [6, 6.07) is 1.68. The monoisotopic (exact) mass is 293 g/mol. The van der Waals surface area contributed by atoms with Crippen molar-refractivity contribution in [3.8, 4) is 5.88 Å². The van der Waals surface area contributed by atoms with Crippen LogP contribution in [0.1, 0.15) is 31.7 Å². The molecule has 21 heavy (non-hydrogen) atoms. The van der Waals surface area contributed by atoms with Crippen LogP contribution in [0.3, 0.4) is 0 Å². The summed E-state index contributed by atoms with van der Waals surface area (Å²) >= 11 is 0. The summed E-state index contributed by atoms with van der Waals surface area (Å²) in [5, 5.41) is 12.5. The van der Waals surface area contributed by atoms with Crippen LogP contribution in [0.15, 0.2) is 12.3 Å². The highest BCUT2D eigenvalue weighted by Crippen LogP contribution is 2.23. The van der Waals surface area contributed by atoms with Gasteiger partial charge in [-0.05, 0) is 44.7 Å². The SMILES string of the molecule is CCOc1ncc(C)cc1NC(=O)N1CCCC(O)CC1. The molecule has 1 aliphatic heterocycles. The quantitative estimate of drug-likeness (QED) is 0.895. The predicted octanol–water partition coefficient (Wildman–Crippen LogP) is 2.17. The van der Waals surface area contributed by atoms with E-state index in [1.54, 1.807) is 11.1 Å². The van der Waals surface area contributed by atoms with Crippen LogP contribution in [-0.2, 0) is 0 Å². The van der Waals surface area contributed by atoms with Crippen LogP contribution < -0.4 is 10.1 Å². The number of hydrogen-bond acceptors (Lipinski definition) is 4. The number of carbonyl (C=O) groups is 1. The molecule has 1 fully saturated rings. The number of aromatic nitrogens is 1. The van der Waals surface area contributed by atoms with Gasteiger partial charge in [-0.15, -0.1) is 0 Å². The van der Waals surface area contributed by atoms with Crippen molar-refractivity contribution >= 4 is 11.7 Å². The zero-order valence-corrected chi connectivity index (χ0v) is 12.6. The molecule has 2 N–H and O–H groups in total. The normalized spacial score (nSPS) is 19.0. The predicted molar refractivity (Wildman–Crippen MR) is 80.6 cm³/mol. The number of carbonyl (C=O) groups excluding carboxylic acids is 1. The lowest BCUT2D eigenvalue weighted by Gasteiger charge is -2.21. The number of amides is 2. The Morgan fingerprint density at radius 3 is 3.10 bits per heavy atom. The molecule has 2 rings (SSSR count). The summed E-state index contributed by atoms with van der Waals surface area (Å²) in [7, 11) is 0. The number of aryl methyl sites for hydroxylation is 1. The van der Waals surface area contributed by atoms with Gasteiger partial charge in [-0.3, -0.25) is 0 Å². The number of rotatable bonds is 3. The highest BCUT2D eigenvalue weighted by Gasteiger charge is 2.20. The Morgan fingerprint density at radius 1 is 1.52 bits per heavy atom. The summed E-state index contributed by atoms with van der Waals surface area (Å²) in [6.45, 7) is 5.52. The Balaban J connectivity index is 2.06. The smallest absolute Gasteiger partial charge is 0.321 e. The maximum atomic E-state index is 12.3. The van der Waals surface area contributed by atoms with Gasteiger partial charge in [0.25, 0.3) is 0 Å². The van der Waals surface area contributed by atoms with E-state index in [1.165, 1.54) is 0 Å². The van der Waals surface area contributed by atoms with E-state index < -0.39 is 0 Å². The Morgan fingerprint density at radius 2 is 2.33 bits per heavy atom. The Labute approximate surface area is 125 Å². The van der Waals surface area contributed by atoms with Crippen molar-refractivity contribution in [2.75, 3.05) is 25.0 Å². The zero-order valence-electron chi connectivity index (χ0n) is 12.6. The highest BCUT2D eigenvalue weighted by atomic mass is 16.5. The third-order valence-electron chi connectivity index (χ3n) is 3.50. The maximum absolute atomic E-state index is 12.3. The molecule has 1 aromatic heterocycles. The van der Waals surface area contributed by atoms with Gasteiger partial charge in [-0.1, -0.05) is 0 Å². The summed E-state index contributed by atoms with van der Waals surface area (Å²) in [6.07, 6.45) is 3.60. The van der Waals surface area contributed by atoms with Crippen molar-refractivity contribution in [1.29, 1.82) is 0 Å². The first-order valence-electron chi connectivity index (χ1n) is 7.43. The summed E-state index contributed by atoms with van der Waals surface area (Å²) in [4.78, 5) is 18.3. The van der Waals surface area contributed by atoms with Crippen molar-refractivity contribution in [1.82, 2.24) is 9.88 Å². The van der Waals surface area contributed by atoms with Gasteiger partial charge in [0.1, 0.15) is 5.69 Å². The second kappa shape index (κ2) is 7.26. The Hall–Kier alpha value is -1.82. The molecular weight excluding hydrogens is 270 g/mol. The first-order valence-corrected chi connectivity index (χ1v) is 7.43. The minimum absolute atomic E-state index is 0.169. The molecule has 0 aromatic carbocycles. The molecule has 1 saturated heterocycles. The lowest BCUT2D eigenvalue weighted by Crippen LogP contribution is -2.36. The number of anilines is 1. The fourth-order valence-electron chi connectivity index (χ4n) is 2.37. The first kappa shape index (κ1) is 15.6. The highest BCUT2D eigenvalue weighted by molar-refractivity contribution is 5.90. The van der Waals surface area contributed by atoms with Gasteiger partial charge in [0, 0.05) is 19.3 Å². The molecule has 0 spiro atoms. The molecule has 1 atom stereocenters. The zero-order chi connectivity index (χ0) is 15.2. The van der Waals surface area contributed by atoms with Crippen molar-refractivity contribution in [3.05, 3.63) is 17.8 Å². The van der Waals surface area contributed by atoms with Gasteiger partial charge in [0.05, 0.1) is 12.7 Å². The number of nitrogens with zero attached hydrogens (tertiary/aromatic N) is 2. The summed E-state index contributed by atoms with van der Waals surface area (Å²) in [5.74, 6) is 0.436. The van der Waals surface area contributed by atoms with E-state index in [4.69, 9.17) is 4.74 Å². The molecule has 6 nitrogen and oxygen atoms in total. The molecule has 0 saturated carbocycles.